The van der Waals surface area contributed by atoms with Gasteiger partial charge in [-0.3, -0.25) is 11.3 Å². The first-order valence-electron chi connectivity index (χ1n) is 6.06. The van der Waals surface area contributed by atoms with Crippen molar-refractivity contribution in [3.8, 4) is 0 Å². The van der Waals surface area contributed by atoms with Crippen LogP contribution in [-0.4, -0.2) is 24.5 Å². The molecule has 0 aliphatic carbocycles. The third-order valence-corrected chi connectivity index (χ3v) is 5.16. The van der Waals surface area contributed by atoms with E-state index in [1.54, 1.807) is 12.1 Å². The van der Waals surface area contributed by atoms with Gasteiger partial charge in [-0.2, -0.15) is 0 Å². The Hall–Kier alpha value is -0.200. The van der Waals surface area contributed by atoms with Crippen molar-refractivity contribution in [1.29, 1.82) is 0 Å². The van der Waals surface area contributed by atoms with Crippen LogP contribution in [0.1, 0.15) is 31.9 Å². The van der Waals surface area contributed by atoms with Crippen molar-refractivity contribution < 1.29 is 4.39 Å². The third kappa shape index (κ3) is 3.11. The van der Waals surface area contributed by atoms with Crippen molar-refractivity contribution in [1.82, 2.24) is 10.3 Å². The molecule has 19 heavy (non-hydrogen) atoms. The average molecular weight is 353 g/mol. The van der Waals surface area contributed by atoms with E-state index in [4.69, 9.17) is 17.4 Å². The molecule has 1 rings (SSSR count). The highest BCUT2D eigenvalue weighted by Gasteiger charge is 2.37. The maximum Gasteiger partial charge on any atom is 0.147 e. The van der Waals surface area contributed by atoms with Gasteiger partial charge in [-0.05, 0) is 49.4 Å². The van der Waals surface area contributed by atoms with Crippen LogP contribution in [-0.2, 0) is 0 Å². The van der Waals surface area contributed by atoms with Crippen LogP contribution in [0, 0.1) is 5.82 Å². The Morgan fingerprint density at radius 2 is 2.11 bits per heavy atom. The largest absolute Gasteiger partial charge is 0.302 e. The molecule has 1 aromatic carbocycles. The van der Waals surface area contributed by atoms with Gasteiger partial charge in [-0.25, -0.2) is 4.39 Å². The third-order valence-electron chi connectivity index (χ3n) is 3.90. The highest BCUT2D eigenvalue weighted by atomic mass is 79.9. The molecule has 3 N–H and O–H groups in total. The molecule has 1 aromatic rings. The van der Waals surface area contributed by atoms with Crippen LogP contribution in [0.25, 0.3) is 0 Å². The van der Waals surface area contributed by atoms with Crippen molar-refractivity contribution >= 4 is 27.5 Å². The number of nitrogens with zero attached hydrogens (tertiary/aromatic N) is 1. The van der Waals surface area contributed by atoms with E-state index in [-0.39, 0.29) is 16.6 Å². The molecule has 0 aliphatic rings. The SMILES string of the molecule is CCC(C)(C(NN)c1ccc(Br)c(Cl)c1F)N(C)C. The molecular weight excluding hydrogens is 333 g/mol. The molecule has 0 amide bonds. The number of rotatable bonds is 5. The zero-order valence-corrected chi connectivity index (χ0v) is 13.9. The van der Waals surface area contributed by atoms with Crippen LogP contribution in [0.2, 0.25) is 5.02 Å². The second-order valence-electron chi connectivity index (χ2n) is 4.97. The molecule has 0 aliphatic heterocycles. The summed E-state index contributed by atoms with van der Waals surface area (Å²) in [6.07, 6.45) is 0.808. The Labute approximate surface area is 127 Å². The molecule has 108 valence electrons. The molecule has 0 radical (unpaired) electrons. The summed E-state index contributed by atoms with van der Waals surface area (Å²) in [5.74, 6) is 5.22. The van der Waals surface area contributed by atoms with E-state index >= 15 is 0 Å². The number of nitrogens with one attached hydrogen (secondary N) is 1. The molecule has 6 heteroatoms. The van der Waals surface area contributed by atoms with Gasteiger partial charge in [0.25, 0.3) is 0 Å². The summed E-state index contributed by atoms with van der Waals surface area (Å²) in [7, 11) is 3.90. The van der Waals surface area contributed by atoms with Crippen LogP contribution in [0.15, 0.2) is 16.6 Å². The van der Waals surface area contributed by atoms with Gasteiger partial charge in [0.05, 0.1) is 11.1 Å². The van der Waals surface area contributed by atoms with E-state index in [0.29, 0.717) is 10.0 Å². The summed E-state index contributed by atoms with van der Waals surface area (Å²) >= 11 is 9.17. The van der Waals surface area contributed by atoms with Crippen LogP contribution in [0.3, 0.4) is 0 Å². The summed E-state index contributed by atoms with van der Waals surface area (Å²) in [5.41, 5.74) is 2.86. The monoisotopic (exact) mass is 351 g/mol. The molecule has 0 spiro atoms. The summed E-state index contributed by atoms with van der Waals surface area (Å²) < 4.78 is 14.9. The molecule has 0 saturated heterocycles. The standard InChI is InChI=1S/C13H20BrClFN3/c1-5-13(2,19(3)4)12(18-17)8-6-7-9(14)10(15)11(8)16/h6-7,12,18H,5,17H2,1-4H3. The minimum Gasteiger partial charge on any atom is -0.302 e. The van der Waals surface area contributed by atoms with Crippen molar-refractivity contribution in [2.45, 2.75) is 31.8 Å². The predicted octanol–water partition coefficient (Wildman–Crippen LogP) is 3.48. The lowest BCUT2D eigenvalue weighted by Crippen LogP contribution is -2.53. The van der Waals surface area contributed by atoms with Gasteiger partial charge in [0.1, 0.15) is 5.82 Å². The summed E-state index contributed by atoms with van der Waals surface area (Å²) in [5, 5.41) is 0.0787. The van der Waals surface area contributed by atoms with Gasteiger partial charge in [0.2, 0.25) is 0 Å². The topological polar surface area (TPSA) is 41.3 Å². The first-order valence-corrected chi connectivity index (χ1v) is 7.23. The van der Waals surface area contributed by atoms with Gasteiger partial charge in [-0.15, -0.1) is 0 Å². The second kappa shape index (κ2) is 6.50. The van der Waals surface area contributed by atoms with E-state index in [1.807, 2.05) is 32.8 Å². The van der Waals surface area contributed by atoms with Gasteiger partial charge < -0.3 is 4.90 Å². The normalized spacial score (nSPS) is 16.5. The van der Waals surface area contributed by atoms with E-state index < -0.39 is 5.82 Å². The first kappa shape index (κ1) is 16.9. The predicted molar refractivity (Wildman–Crippen MR) is 81.6 cm³/mol. The molecule has 2 atom stereocenters. The molecule has 2 unspecified atom stereocenters. The molecule has 0 fully saturated rings. The number of hydrogen-bond acceptors (Lipinski definition) is 3. The zero-order chi connectivity index (χ0) is 14.8. The Morgan fingerprint density at radius 1 is 1.53 bits per heavy atom. The zero-order valence-electron chi connectivity index (χ0n) is 11.6. The lowest BCUT2D eigenvalue weighted by atomic mass is 9.83. The first-order chi connectivity index (χ1) is 8.79. The maximum atomic E-state index is 14.4. The quantitative estimate of drug-likeness (QED) is 0.484. The van der Waals surface area contributed by atoms with Gasteiger partial charge in [0, 0.05) is 15.6 Å². The number of likely N-dealkylation sites (N-methyl/N-ethyl adjacent to an activating group) is 1. The number of hydrogen-bond donors (Lipinski definition) is 2. The second-order valence-corrected chi connectivity index (χ2v) is 6.20. The number of nitrogens with two attached hydrogens (primary N) is 1. The van der Waals surface area contributed by atoms with Crippen molar-refractivity contribution in [2.75, 3.05) is 14.1 Å². The lowest BCUT2D eigenvalue weighted by Gasteiger charge is -2.42. The van der Waals surface area contributed by atoms with Crippen molar-refractivity contribution in [3.63, 3.8) is 0 Å². The van der Waals surface area contributed by atoms with Crippen LogP contribution in [0.5, 0.6) is 0 Å². The molecular formula is C13H20BrClFN3. The van der Waals surface area contributed by atoms with Crippen LogP contribution >= 0.6 is 27.5 Å². The van der Waals surface area contributed by atoms with E-state index in [9.17, 15) is 4.39 Å². The minimum atomic E-state index is -0.444. The fourth-order valence-corrected chi connectivity index (χ4v) is 2.62. The lowest BCUT2D eigenvalue weighted by molar-refractivity contribution is 0.111. The fourth-order valence-electron chi connectivity index (χ4n) is 2.15. The van der Waals surface area contributed by atoms with Crippen molar-refractivity contribution in [3.05, 3.63) is 33.0 Å². The van der Waals surface area contributed by atoms with E-state index in [0.717, 1.165) is 6.42 Å². The molecule has 0 bridgehead atoms. The van der Waals surface area contributed by atoms with E-state index in [2.05, 4.69) is 21.4 Å². The Balaban J connectivity index is 3.36. The highest BCUT2D eigenvalue weighted by molar-refractivity contribution is 9.10. The Kier molecular flexibility index (Phi) is 5.77. The van der Waals surface area contributed by atoms with Crippen LogP contribution < -0.4 is 11.3 Å². The van der Waals surface area contributed by atoms with Gasteiger partial charge in [-0.1, -0.05) is 24.6 Å². The summed E-state index contributed by atoms with van der Waals surface area (Å²) in [6.45, 7) is 4.08. The van der Waals surface area contributed by atoms with Gasteiger partial charge >= 0.3 is 0 Å². The van der Waals surface area contributed by atoms with Gasteiger partial charge in [0.15, 0.2) is 0 Å². The average Bonchev–Trinajstić information content (AvgIpc) is 2.38. The summed E-state index contributed by atoms with van der Waals surface area (Å²) in [4.78, 5) is 2.03. The number of hydrazine groups is 1. The Morgan fingerprint density at radius 3 is 2.53 bits per heavy atom. The molecule has 0 aromatic heterocycles. The van der Waals surface area contributed by atoms with Crippen molar-refractivity contribution in [2.24, 2.45) is 5.84 Å². The fraction of sp³-hybridized carbons (Fsp3) is 0.538. The highest BCUT2D eigenvalue weighted by Crippen LogP contribution is 2.37. The van der Waals surface area contributed by atoms with Crippen LogP contribution in [0.4, 0.5) is 4.39 Å². The molecule has 3 nitrogen and oxygen atoms in total. The molecule has 0 saturated carbocycles. The Bertz CT molecular complexity index is 456. The number of benzene rings is 1. The summed E-state index contributed by atoms with van der Waals surface area (Å²) in [6, 6.07) is 3.07. The smallest absolute Gasteiger partial charge is 0.147 e. The molecule has 0 heterocycles. The maximum absolute atomic E-state index is 14.4. The number of halogens is 3. The van der Waals surface area contributed by atoms with E-state index in [1.165, 1.54) is 0 Å². The minimum absolute atomic E-state index is 0.0787.